The molecule has 1 aliphatic heterocycles. The lowest BCUT2D eigenvalue weighted by Gasteiger charge is -2.32. The van der Waals surface area contributed by atoms with Crippen molar-refractivity contribution in [1.29, 1.82) is 0 Å². The van der Waals surface area contributed by atoms with Gasteiger partial charge in [0, 0.05) is 25.2 Å². The van der Waals surface area contributed by atoms with E-state index in [1.54, 1.807) is 35.2 Å². The Bertz CT molecular complexity index is 1150. The van der Waals surface area contributed by atoms with Crippen LogP contribution in [0.3, 0.4) is 0 Å². The van der Waals surface area contributed by atoms with Gasteiger partial charge in [-0.25, -0.2) is 9.07 Å². The molecule has 0 radical (unpaired) electrons. The van der Waals surface area contributed by atoms with Crippen molar-refractivity contribution in [3.63, 3.8) is 0 Å². The van der Waals surface area contributed by atoms with Crippen molar-refractivity contribution in [1.82, 2.24) is 20.0 Å². The summed E-state index contributed by atoms with van der Waals surface area (Å²) in [6, 6.07) is 16.0. The summed E-state index contributed by atoms with van der Waals surface area (Å²) in [6.45, 7) is 0.788. The number of nitrogens with two attached hydrogens (primary N) is 1. The lowest BCUT2D eigenvalue weighted by molar-refractivity contribution is 0.0691. The van der Waals surface area contributed by atoms with Crippen LogP contribution < -0.4 is 11.1 Å². The molecular formula is C23H22FN5O3. The van der Waals surface area contributed by atoms with Gasteiger partial charge >= 0.3 is 0 Å². The second kappa shape index (κ2) is 9.01. The number of halogens is 1. The third-order valence-corrected chi connectivity index (χ3v) is 5.42. The molecule has 8 nitrogen and oxygen atoms in total. The van der Waals surface area contributed by atoms with E-state index in [1.165, 1.54) is 28.9 Å². The van der Waals surface area contributed by atoms with Crippen LogP contribution in [0.5, 0.6) is 0 Å². The monoisotopic (exact) mass is 435 g/mol. The molecule has 0 aliphatic carbocycles. The Hall–Kier alpha value is -4.01. The SMILES string of the molecule is NC(=O)c1cc(C(=O)N2CCC(NC(=O)c3ccccc3F)CC2)nn1-c1ccccc1. The van der Waals surface area contributed by atoms with Gasteiger partial charge in [-0.15, -0.1) is 0 Å². The Morgan fingerprint density at radius 3 is 2.31 bits per heavy atom. The first-order valence-electron chi connectivity index (χ1n) is 10.2. The molecule has 3 amide bonds. The minimum atomic E-state index is -0.685. The number of primary amides is 1. The highest BCUT2D eigenvalue weighted by Crippen LogP contribution is 2.18. The van der Waals surface area contributed by atoms with Gasteiger partial charge in [0.2, 0.25) is 0 Å². The fourth-order valence-electron chi connectivity index (χ4n) is 3.72. The third kappa shape index (κ3) is 4.36. The van der Waals surface area contributed by atoms with Crippen LogP contribution in [-0.2, 0) is 0 Å². The summed E-state index contributed by atoms with van der Waals surface area (Å²) < 4.78 is 15.2. The Morgan fingerprint density at radius 1 is 1.00 bits per heavy atom. The molecule has 3 N–H and O–H groups in total. The van der Waals surface area contributed by atoms with Gasteiger partial charge in [-0.05, 0) is 37.1 Å². The first-order valence-corrected chi connectivity index (χ1v) is 10.2. The summed E-state index contributed by atoms with van der Waals surface area (Å²) in [5.74, 6) is -2.05. The van der Waals surface area contributed by atoms with E-state index in [-0.39, 0.29) is 28.9 Å². The summed E-state index contributed by atoms with van der Waals surface area (Å²) in [6.07, 6.45) is 1.04. The van der Waals surface area contributed by atoms with E-state index >= 15 is 0 Å². The largest absolute Gasteiger partial charge is 0.364 e. The number of carbonyl (C=O) groups is 3. The van der Waals surface area contributed by atoms with Crippen molar-refractivity contribution in [3.8, 4) is 5.69 Å². The molecule has 4 rings (SSSR count). The van der Waals surface area contributed by atoms with E-state index in [2.05, 4.69) is 10.4 Å². The number of nitrogens with zero attached hydrogens (tertiary/aromatic N) is 3. The minimum absolute atomic E-state index is 0.00330. The van der Waals surface area contributed by atoms with Gasteiger partial charge < -0.3 is 16.0 Å². The Kier molecular flexibility index (Phi) is 5.98. The molecule has 2 aromatic carbocycles. The number of aromatic nitrogens is 2. The van der Waals surface area contributed by atoms with E-state index in [0.717, 1.165) is 0 Å². The van der Waals surface area contributed by atoms with Crippen LogP contribution in [0.4, 0.5) is 4.39 Å². The highest BCUT2D eigenvalue weighted by Gasteiger charge is 2.28. The number of likely N-dealkylation sites (tertiary alicyclic amines) is 1. The summed E-state index contributed by atoms with van der Waals surface area (Å²) in [4.78, 5) is 38.8. The molecule has 1 aliphatic rings. The van der Waals surface area contributed by atoms with Crippen molar-refractivity contribution in [2.24, 2.45) is 5.73 Å². The molecule has 1 saturated heterocycles. The van der Waals surface area contributed by atoms with E-state index < -0.39 is 17.6 Å². The number of hydrogen-bond acceptors (Lipinski definition) is 4. The second-order valence-electron chi connectivity index (χ2n) is 7.55. The zero-order valence-electron chi connectivity index (χ0n) is 17.2. The van der Waals surface area contributed by atoms with Gasteiger partial charge in [0.1, 0.15) is 11.5 Å². The van der Waals surface area contributed by atoms with E-state index in [4.69, 9.17) is 5.73 Å². The fourth-order valence-corrected chi connectivity index (χ4v) is 3.72. The van der Waals surface area contributed by atoms with Crippen LogP contribution in [-0.4, -0.2) is 51.5 Å². The van der Waals surface area contributed by atoms with Crippen molar-refractivity contribution >= 4 is 17.7 Å². The predicted octanol–water partition coefficient (Wildman–Crippen LogP) is 2.14. The molecule has 3 aromatic rings. The van der Waals surface area contributed by atoms with Gasteiger partial charge in [0.25, 0.3) is 17.7 Å². The molecule has 0 atom stereocenters. The number of piperidine rings is 1. The number of rotatable bonds is 5. The standard InChI is InChI=1S/C23H22FN5O3/c24-18-9-5-4-8-17(18)22(31)26-15-10-12-28(13-11-15)23(32)19-14-20(21(25)30)29(27-19)16-6-2-1-3-7-16/h1-9,14-15H,10-13H2,(H2,25,30)(H,26,31). The first kappa shape index (κ1) is 21.2. The fraction of sp³-hybridized carbons (Fsp3) is 0.217. The van der Waals surface area contributed by atoms with Crippen LogP contribution in [0.15, 0.2) is 60.7 Å². The summed E-state index contributed by atoms with van der Waals surface area (Å²) in [5, 5.41) is 7.13. The summed E-state index contributed by atoms with van der Waals surface area (Å²) in [7, 11) is 0. The number of benzene rings is 2. The molecule has 164 valence electrons. The first-order chi connectivity index (χ1) is 15.4. The lowest BCUT2D eigenvalue weighted by Crippen LogP contribution is -2.46. The number of carbonyl (C=O) groups excluding carboxylic acids is 3. The van der Waals surface area contributed by atoms with Gasteiger partial charge in [0.15, 0.2) is 5.69 Å². The molecule has 0 saturated carbocycles. The summed E-state index contributed by atoms with van der Waals surface area (Å²) >= 11 is 0. The van der Waals surface area contributed by atoms with Crippen molar-refractivity contribution in [2.45, 2.75) is 18.9 Å². The van der Waals surface area contributed by atoms with Gasteiger partial charge in [-0.3, -0.25) is 14.4 Å². The normalized spacial score (nSPS) is 14.2. The molecule has 2 heterocycles. The van der Waals surface area contributed by atoms with Gasteiger partial charge in [-0.1, -0.05) is 30.3 Å². The number of para-hydroxylation sites is 1. The Labute approximate surface area is 183 Å². The van der Waals surface area contributed by atoms with Gasteiger partial charge in [-0.2, -0.15) is 5.10 Å². The number of hydrogen-bond donors (Lipinski definition) is 2. The number of amides is 3. The van der Waals surface area contributed by atoms with Crippen LogP contribution >= 0.6 is 0 Å². The third-order valence-electron chi connectivity index (χ3n) is 5.42. The topological polar surface area (TPSA) is 110 Å². The Morgan fingerprint density at radius 2 is 1.66 bits per heavy atom. The minimum Gasteiger partial charge on any atom is -0.364 e. The molecule has 0 unspecified atom stereocenters. The van der Waals surface area contributed by atoms with Crippen LogP contribution in [0.1, 0.15) is 44.2 Å². The molecule has 9 heteroatoms. The zero-order chi connectivity index (χ0) is 22.7. The van der Waals surface area contributed by atoms with Gasteiger partial charge in [0.05, 0.1) is 11.3 Å². The maximum Gasteiger partial charge on any atom is 0.274 e. The summed E-state index contributed by atoms with van der Waals surface area (Å²) in [5.41, 5.74) is 6.33. The smallest absolute Gasteiger partial charge is 0.274 e. The molecule has 32 heavy (non-hydrogen) atoms. The highest BCUT2D eigenvalue weighted by atomic mass is 19.1. The molecule has 0 bridgehead atoms. The molecule has 1 aromatic heterocycles. The zero-order valence-corrected chi connectivity index (χ0v) is 17.2. The maximum absolute atomic E-state index is 13.8. The maximum atomic E-state index is 13.8. The molecule has 0 spiro atoms. The van der Waals surface area contributed by atoms with E-state index in [1.807, 2.05) is 6.07 Å². The van der Waals surface area contributed by atoms with Crippen LogP contribution in [0.2, 0.25) is 0 Å². The lowest BCUT2D eigenvalue weighted by atomic mass is 10.0. The van der Waals surface area contributed by atoms with E-state index in [9.17, 15) is 18.8 Å². The van der Waals surface area contributed by atoms with Crippen molar-refractivity contribution in [2.75, 3.05) is 13.1 Å². The average molecular weight is 435 g/mol. The Balaban J connectivity index is 1.42. The predicted molar refractivity (Wildman–Crippen MR) is 115 cm³/mol. The average Bonchev–Trinajstić information content (AvgIpc) is 3.26. The second-order valence-corrected chi connectivity index (χ2v) is 7.55. The van der Waals surface area contributed by atoms with Crippen molar-refractivity contribution < 1.29 is 18.8 Å². The van der Waals surface area contributed by atoms with Crippen LogP contribution in [0, 0.1) is 5.82 Å². The quantitative estimate of drug-likeness (QED) is 0.640. The van der Waals surface area contributed by atoms with Crippen LogP contribution in [0.25, 0.3) is 5.69 Å². The van der Waals surface area contributed by atoms with Crippen molar-refractivity contribution in [3.05, 3.63) is 83.4 Å². The molecule has 1 fully saturated rings. The molecular weight excluding hydrogens is 413 g/mol. The van der Waals surface area contributed by atoms with E-state index in [0.29, 0.717) is 31.6 Å². The number of nitrogens with one attached hydrogen (secondary N) is 1. The highest BCUT2D eigenvalue weighted by molar-refractivity contribution is 5.98.